The Morgan fingerprint density at radius 3 is 2.53 bits per heavy atom. The molecule has 0 radical (unpaired) electrons. The number of hydrogen-bond acceptors (Lipinski definition) is 5. The Morgan fingerprint density at radius 1 is 1.10 bits per heavy atom. The first-order chi connectivity index (χ1) is 14.5. The minimum Gasteiger partial charge on any atom is -0.378 e. The molecule has 1 amide bonds. The molecule has 8 nitrogen and oxygen atoms in total. The third kappa shape index (κ3) is 3.99. The minimum absolute atomic E-state index is 0.206. The quantitative estimate of drug-likeness (QED) is 0.535. The van der Waals surface area contributed by atoms with Gasteiger partial charge in [0.15, 0.2) is 5.65 Å². The zero-order chi connectivity index (χ0) is 21.1. The van der Waals surface area contributed by atoms with Crippen LogP contribution in [-0.4, -0.2) is 32.2 Å². The van der Waals surface area contributed by atoms with E-state index in [2.05, 4.69) is 15.4 Å². The van der Waals surface area contributed by atoms with Gasteiger partial charge in [-0.2, -0.15) is 0 Å². The number of benzene rings is 2. The van der Waals surface area contributed by atoms with Gasteiger partial charge in [0.05, 0.1) is 12.3 Å². The van der Waals surface area contributed by atoms with E-state index in [1.165, 1.54) is 4.40 Å². The number of ether oxygens (including phenoxy) is 1. The molecule has 1 N–H and O–H groups in total. The number of fused-ring (bicyclic) bond motifs is 1. The van der Waals surface area contributed by atoms with Crippen molar-refractivity contribution in [1.29, 1.82) is 0 Å². The Morgan fingerprint density at radius 2 is 1.83 bits per heavy atom. The standard InChI is InChI=1S/C22H21N5O3/c1-15-8-10-17(11-9-15)23-20(28)13-26-22(29)27-19(25-26)12-18(14-30-2)24-21(27)16-6-4-3-5-7-16/h3-12H,13-14H2,1-2H3,(H,23,28). The molecule has 0 aliphatic carbocycles. The first-order valence-electron chi connectivity index (χ1n) is 9.45. The molecule has 0 unspecified atom stereocenters. The third-order valence-electron chi connectivity index (χ3n) is 4.57. The monoisotopic (exact) mass is 403 g/mol. The highest BCUT2D eigenvalue weighted by molar-refractivity contribution is 5.90. The number of rotatable bonds is 6. The summed E-state index contributed by atoms with van der Waals surface area (Å²) in [6.07, 6.45) is 0. The van der Waals surface area contributed by atoms with Gasteiger partial charge in [-0.15, -0.1) is 5.10 Å². The van der Waals surface area contributed by atoms with Crippen LogP contribution in [0.1, 0.15) is 11.3 Å². The summed E-state index contributed by atoms with van der Waals surface area (Å²) in [5.74, 6) is 0.117. The van der Waals surface area contributed by atoms with Crippen molar-refractivity contribution >= 4 is 17.2 Å². The molecule has 0 spiro atoms. The summed E-state index contributed by atoms with van der Waals surface area (Å²) >= 11 is 0. The molecule has 0 saturated carbocycles. The fourth-order valence-electron chi connectivity index (χ4n) is 3.16. The van der Waals surface area contributed by atoms with Gasteiger partial charge < -0.3 is 10.1 Å². The summed E-state index contributed by atoms with van der Waals surface area (Å²) in [5.41, 5.74) is 3.15. The number of amides is 1. The zero-order valence-corrected chi connectivity index (χ0v) is 16.7. The molecule has 30 heavy (non-hydrogen) atoms. The molecule has 4 aromatic rings. The van der Waals surface area contributed by atoms with Gasteiger partial charge in [0, 0.05) is 24.4 Å². The molecule has 2 aromatic heterocycles. The van der Waals surface area contributed by atoms with E-state index in [1.807, 2.05) is 61.5 Å². The lowest BCUT2D eigenvalue weighted by atomic mass is 10.2. The van der Waals surface area contributed by atoms with E-state index >= 15 is 0 Å². The lowest BCUT2D eigenvalue weighted by molar-refractivity contribution is -0.117. The first-order valence-corrected chi connectivity index (χ1v) is 9.45. The van der Waals surface area contributed by atoms with Crippen molar-refractivity contribution in [3.63, 3.8) is 0 Å². The second-order valence-corrected chi connectivity index (χ2v) is 6.92. The van der Waals surface area contributed by atoms with Crippen molar-refractivity contribution in [3.8, 4) is 11.4 Å². The van der Waals surface area contributed by atoms with Crippen molar-refractivity contribution in [2.24, 2.45) is 0 Å². The summed E-state index contributed by atoms with van der Waals surface area (Å²) < 4.78 is 7.75. The Bertz CT molecular complexity index is 1240. The van der Waals surface area contributed by atoms with Crippen LogP contribution in [0.3, 0.4) is 0 Å². The van der Waals surface area contributed by atoms with Crippen molar-refractivity contribution < 1.29 is 9.53 Å². The van der Waals surface area contributed by atoms with Crippen LogP contribution >= 0.6 is 0 Å². The molecule has 2 heterocycles. The lowest BCUT2D eigenvalue weighted by Crippen LogP contribution is -2.28. The fraction of sp³-hybridized carbons (Fsp3) is 0.182. The van der Waals surface area contributed by atoms with E-state index in [4.69, 9.17) is 4.74 Å². The number of carbonyl (C=O) groups excluding carboxylic acids is 1. The average molecular weight is 403 g/mol. The van der Waals surface area contributed by atoms with E-state index in [1.54, 1.807) is 13.2 Å². The van der Waals surface area contributed by atoms with Gasteiger partial charge >= 0.3 is 5.69 Å². The van der Waals surface area contributed by atoms with Crippen LogP contribution < -0.4 is 11.0 Å². The number of methoxy groups -OCH3 is 1. The highest BCUT2D eigenvalue weighted by Crippen LogP contribution is 2.18. The maximum Gasteiger partial charge on any atom is 0.352 e. The number of nitrogens with zero attached hydrogens (tertiary/aromatic N) is 4. The number of aryl methyl sites for hydroxylation is 1. The van der Waals surface area contributed by atoms with Crippen molar-refractivity contribution in [3.05, 3.63) is 82.4 Å². The van der Waals surface area contributed by atoms with Crippen LogP contribution in [0.25, 0.3) is 17.0 Å². The molecule has 152 valence electrons. The first kappa shape index (κ1) is 19.5. The molecule has 0 saturated heterocycles. The summed E-state index contributed by atoms with van der Waals surface area (Å²) in [7, 11) is 1.58. The van der Waals surface area contributed by atoms with Crippen molar-refractivity contribution in [2.75, 3.05) is 12.4 Å². The van der Waals surface area contributed by atoms with Crippen LogP contribution in [0.5, 0.6) is 0 Å². The maximum atomic E-state index is 13.0. The van der Waals surface area contributed by atoms with Crippen LogP contribution in [0.2, 0.25) is 0 Å². The lowest BCUT2D eigenvalue weighted by Gasteiger charge is -2.06. The molecule has 8 heteroatoms. The summed E-state index contributed by atoms with van der Waals surface area (Å²) in [5, 5.41) is 7.13. The van der Waals surface area contributed by atoms with Crippen molar-refractivity contribution in [1.82, 2.24) is 19.2 Å². The number of aromatic nitrogens is 4. The summed E-state index contributed by atoms with van der Waals surface area (Å²) in [6.45, 7) is 2.05. The van der Waals surface area contributed by atoms with Gasteiger partial charge in [0.1, 0.15) is 12.4 Å². The minimum atomic E-state index is -0.431. The second-order valence-electron chi connectivity index (χ2n) is 6.92. The molecule has 2 aromatic carbocycles. The third-order valence-corrected chi connectivity index (χ3v) is 4.57. The second kappa shape index (κ2) is 8.30. The van der Waals surface area contributed by atoms with Crippen LogP contribution in [0, 0.1) is 6.92 Å². The Kier molecular flexibility index (Phi) is 5.40. The number of hydrogen-bond donors (Lipinski definition) is 1. The van der Waals surface area contributed by atoms with Gasteiger partial charge in [0.2, 0.25) is 5.91 Å². The predicted molar refractivity (Wildman–Crippen MR) is 113 cm³/mol. The zero-order valence-electron chi connectivity index (χ0n) is 16.7. The fourth-order valence-corrected chi connectivity index (χ4v) is 3.16. The topological polar surface area (TPSA) is 90.5 Å². The van der Waals surface area contributed by atoms with Gasteiger partial charge in [-0.05, 0) is 19.1 Å². The predicted octanol–water partition coefficient (Wildman–Crippen LogP) is 2.65. The number of nitrogens with one attached hydrogen (secondary N) is 1. The van der Waals surface area contributed by atoms with Gasteiger partial charge in [-0.1, -0.05) is 48.0 Å². The van der Waals surface area contributed by atoms with E-state index in [-0.39, 0.29) is 19.1 Å². The molecule has 0 fully saturated rings. The van der Waals surface area contributed by atoms with E-state index < -0.39 is 5.69 Å². The summed E-state index contributed by atoms with van der Waals surface area (Å²) in [4.78, 5) is 30.1. The normalized spacial score (nSPS) is 11.0. The number of carbonyl (C=O) groups is 1. The Balaban J connectivity index is 1.71. The highest BCUT2D eigenvalue weighted by Gasteiger charge is 2.17. The van der Waals surface area contributed by atoms with E-state index in [0.29, 0.717) is 22.9 Å². The molecule has 0 atom stereocenters. The van der Waals surface area contributed by atoms with Crippen LogP contribution in [0.15, 0.2) is 65.5 Å². The molecule has 0 bridgehead atoms. The van der Waals surface area contributed by atoms with Crippen LogP contribution in [0.4, 0.5) is 5.69 Å². The molecule has 0 aliphatic rings. The number of anilines is 1. The van der Waals surface area contributed by atoms with Crippen LogP contribution in [-0.2, 0) is 22.7 Å². The highest BCUT2D eigenvalue weighted by atomic mass is 16.5. The molecular formula is C22H21N5O3. The SMILES string of the molecule is COCc1cc2nn(CC(=O)Nc3ccc(C)cc3)c(=O)n2c(-c2ccccc2)n1. The van der Waals surface area contributed by atoms with E-state index in [9.17, 15) is 9.59 Å². The maximum absolute atomic E-state index is 13.0. The average Bonchev–Trinajstić information content (AvgIpc) is 3.05. The Labute approximate surface area is 172 Å². The van der Waals surface area contributed by atoms with E-state index in [0.717, 1.165) is 15.8 Å². The van der Waals surface area contributed by atoms with Gasteiger partial charge in [-0.25, -0.2) is 18.9 Å². The molecule has 0 aliphatic heterocycles. The smallest absolute Gasteiger partial charge is 0.352 e. The largest absolute Gasteiger partial charge is 0.378 e. The summed E-state index contributed by atoms with van der Waals surface area (Å²) in [6, 6.07) is 18.5. The van der Waals surface area contributed by atoms with Gasteiger partial charge in [0.25, 0.3) is 0 Å². The molecule has 4 rings (SSSR count). The van der Waals surface area contributed by atoms with Gasteiger partial charge in [-0.3, -0.25) is 4.79 Å². The molecular weight excluding hydrogens is 382 g/mol. The Hall–Kier alpha value is -3.78. The van der Waals surface area contributed by atoms with Crippen molar-refractivity contribution in [2.45, 2.75) is 20.1 Å².